The van der Waals surface area contributed by atoms with E-state index in [1.54, 1.807) is 0 Å². The van der Waals surface area contributed by atoms with E-state index in [1.807, 2.05) is 13.8 Å². The second kappa shape index (κ2) is 4.61. The zero-order chi connectivity index (χ0) is 11.7. The number of H-pyrrole nitrogens is 1. The third-order valence-electron chi connectivity index (χ3n) is 3.00. The summed E-state index contributed by atoms with van der Waals surface area (Å²) in [6, 6.07) is 0. The summed E-state index contributed by atoms with van der Waals surface area (Å²) >= 11 is 5.23. The van der Waals surface area contributed by atoms with Crippen molar-refractivity contribution in [2.24, 2.45) is 0 Å². The molecule has 0 radical (unpaired) electrons. The molecule has 1 aromatic heterocycles. The molecule has 0 aliphatic carbocycles. The number of ether oxygens (including phenoxy) is 1. The number of rotatable bonds is 1. The Labute approximate surface area is 101 Å². The number of likely N-dealkylation sites (N-methyl/N-ethyl adjacent to an activating group) is 1. The van der Waals surface area contributed by atoms with E-state index >= 15 is 0 Å². The van der Waals surface area contributed by atoms with E-state index < -0.39 is 0 Å². The highest BCUT2D eigenvalue weighted by molar-refractivity contribution is 7.71. The lowest BCUT2D eigenvalue weighted by molar-refractivity contribution is -0.0256. The lowest BCUT2D eigenvalue weighted by Crippen LogP contribution is -2.36. The Hall–Kier alpha value is -0.780. The van der Waals surface area contributed by atoms with Crippen LogP contribution in [0.5, 0.6) is 0 Å². The van der Waals surface area contributed by atoms with Gasteiger partial charge in [0.2, 0.25) is 0 Å². The average molecular weight is 239 g/mol. The first-order valence-electron chi connectivity index (χ1n) is 5.45. The SMILES string of the molecule is Cc1[nH]c(C2CN(C)CCO2)nc(=S)c1C. The molecule has 0 saturated carbocycles. The largest absolute Gasteiger partial charge is 0.368 e. The summed E-state index contributed by atoms with van der Waals surface area (Å²) in [6.45, 7) is 6.58. The van der Waals surface area contributed by atoms with Crippen LogP contribution in [0.3, 0.4) is 0 Å². The maximum absolute atomic E-state index is 5.70. The summed E-state index contributed by atoms with van der Waals surface area (Å²) in [5.41, 5.74) is 2.12. The van der Waals surface area contributed by atoms with E-state index in [9.17, 15) is 0 Å². The normalized spacial score (nSPS) is 22.3. The number of aryl methyl sites for hydroxylation is 1. The Morgan fingerprint density at radius 2 is 2.25 bits per heavy atom. The fourth-order valence-electron chi connectivity index (χ4n) is 1.76. The number of nitrogens with one attached hydrogen (secondary N) is 1. The molecular formula is C11H17N3OS. The van der Waals surface area contributed by atoms with Crippen LogP contribution >= 0.6 is 12.2 Å². The number of aromatic nitrogens is 2. The monoisotopic (exact) mass is 239 g/mol. The first-order chi connectivity index (χ1) is 7.58. The molecule has 0 spiro atoms. The number of hydrogen-bond donors (Lipinski definition) is 1. The van der Waals surface area contributed by atoms with Crippen molar-refractivity contribution in [3.8, 4) is 0 Å². The summed E-state index contributed by atoms with van der Waals surface area (Å²) in [4.78, 5) is 9.91. The van der Waals surface area contributed by atoms with Crippen molar-refractivity contribution < 1.29 is 4.74 Å². The Bertz CT molecular complexity index is 443. The van der Waals surface area contributed by atoms with Crippen LogP contribution in [-0.4, -0.2) is 41.6 Å². The van der Waals surface area contributed by atoms with Crippen LogP contribution in [0.15, 0.2) is 0 Å². The van der Waals surface area contributed by atoms with Crippen LogP contribution in [0.4, 0.5) is 0 Å². The maximum Gasteiger partial charge on any atom is 0.138 e. The molecule has 16 heavy (non-hydrogen) atoms. The summed E-state index contributed by atoms with van der Waals surface area (Å²) < 4.78 is 6.37. The second-order valence-corrected chi connectivity index (χ2v) is 4.69. The molecular weight excluding hydrogens is 222 g/mol. The molecule has 1 aliphatic rings. The number of aromatic amines is 1. The van der Waals surface area contributed by atoms with Gasteiger partial charge in [-0.25, -0.2) is 4.98 Å². The minimum Gasteiger partial charge on any atom is -0.368 e. The smallest absolute Gasteiger partial charge is 0.138 e. The highest BCUT2D eigenvalue weighted by atomic mass is 32.1. The van der Waals surface area contributed by atoms with Crippen molar-refractivity contribution in [3.63, 3.8) is 0 Å². The molecule has 2 rings (SSSR count). The van der Waals surface area contributed by atoms with Gasteiger partial charge in [-0.1, -0.05) is 12.2 Å². The highest BCUT2D eigenvalue weighted by Crippen LogP contribution is 2.19. The van der Waals surface area contributed by atoms with E-state index in [0.29, 0.717) is 4.64 Å². The van der Waals surface area contributed by atoms with Gasteiger partial charge in [-0.05, 0) is 20.9 Å². The molecule has 0 amide bonds. The van der Waals surface area contributed by atoms with E-state index in [1.165, 1.54) is 0 Å². The quantitative estimate of drug-likeness (QED) is 0.758. The van der Waals surface area contributed by atoms with Crippen LogP contribution in [0.25, 0.3) is 0 Å². The molecule has 2 heterocycles. The topological polar surface area (TPSA) is 41.2 Å². The van der Waals surface area contributed by atoms with Crippen LogP contribution in [0.1, 0.15) is 23.2 Å². The number of nitrogens with zero attached hydrogens (tertiary/aromatic N) is 2. The van der Waals surface area contributed by atoms with Gasteiger partial charge in [0.1, 0.15) is 16.6 Å². The molecule has 0 aromatic carbocycles. The summed E-state index contributed by atoms with van der Waals surface area (Å²) in [5.74, 6) is 0.847. The minimum atomic E-state index is 0.0137. The van der Waals surface area contributed by atoms with Gasteiger partial charge in [0.05, 0.1) is 6.61 Å². The van der Waals surface area contributed by atoms with Crippen LogP contribution in [0.2, 0.25) is 0 Å². The molecule has 1 unspecified atom stereocenters. The molecule has 1 aliphatic heterocycles. The van der Waals surface area contributed by atoms with Gasteiger partial charge in [-0.15, -0.1) is 0 Å². The predicted octanol–water partition coefficient (Wildman–Crippen LogP) is 1.76. The molecule has 1 N–H and O–H groups in total. The Morgan fingerprint density at radius 1 is 1.50 bits per heavy atom. The van der Waals surface area contributed by atoms with Crippen molar-refractivity contribution in [1.82, 2.24) is 14.9 Å². The van der Waals surface area contributed by atoms with E-state index in [-0.39, 0.29) is 6.10 Å². The van der Waals surface area contributed by atoms with E-state index in [2.05, 4.69) is 21.9 Å². The van der Waals surface area contributed by atoms with E-state index in [0.717, 1.165) is 36.8 Å². The Morgan fingerprint density at radius 3 is 2.88 bits per heavy atom. The van der Waals surface area contributed by atoms with Crippen molar-refractivity contribution >= 4 is 12.2 Å². The zero-order valence-corrected chi connectivity index (χ0v) is 10.7. The first-order valence-corrected chi connectivity index (χ1v) is 5.86. The van der Waals surface area contributed by atoms with Gasteiger partial charge in [0.25, 0.3) is 0 Å². The van der Waals surface area contributed by atoms with Crippen LogP contribution in [-0.2, 0) is 4.74 Å². The van der Waals surface area contributed by atoms with Crippen LogP contribution < -0.4 is 0 Å². The standard InChI is InChI=1S/C11H17N3OS/c1-7-8(2)12-10(13-11(7)16)9-6-14(3)4-5-15-9/h9H,4-6H2,1-3H3,(H,12,13,16). The van der Waals surface area contributed by atoms with Gasteiger partial charge >= 0.3 is 0 Å². The molecule has 4 nitrogen and oxygen atoms in total. The summed E-state index contributed by atoms with van der Waals surface area (Å²) in [6.07, 6.45) is 0.0137. The van der Waals surface area contributed by atoms with Crippen molar-refractivity contribution in [2.45, 2.75) is 20.0 Å². The van der Waals surface area contributed by atoms with Gasteiger partial charge in [-0.3, -0.25) is 0 Å². The molecule has 5 heteroatoms. The van der Waals surface area contributed by atoms with Crippen LogP contribution in [0, 0.1) is 18.5 Å². The number of hydrogen-bond acceptors (Lipinski definition) is 4. The highest BCUT2D eigenvalue weighted by Gasteiger charge is 2.21. The van der Waals surface area contributed by atoms with Gasteiger partial charge in [-0.2, -0.15) is 0 Å². The third-order valence-corrected chi connectivity index (χ3v) is 3.39. The zero-order valence-electron chi connectivity index (χ0n) is 9.91. The Balaban J connectivity index is 2.30. The van der Waals surface area contributed by atoms with Crippen molar-refractivity contribution in [2.75, 3.05) is 26.7 Å². The molecule has 1 fully saturated rings. The fraction of sp³-hybridized carbons (Fsp3) is 0.636. The molecule has 1 aromatic rings. The predicted molar refractivity (Wildman–Crippen MR) is 65.1 cm³/mol. The average Bonchev–Trinajstić information content (AvgIpc) is 2.25. The summed E-state index contributed by atoms with van der Waals surface area (Å²) in [5, 5.41) is 0. The van der Waals surface area contributed by atoms with Gasteiger partial charge in [0.15, 0.2) is 0 Å². The second-order valence-electron chi connectivity index (χ2n) is 4.30. The molecule has 0 bridgehead atoms. The van der Waals surface area contributed by atoms with Crippen molar-refractivity contribution in [1.29, 1.82) is 0 Å². The molecule has 1 atom stereocenters. The maximum atomic E-state index is 5.70. The molecule has 1 saturated heterocycles. The lowest BCUT2D eigenvalue weighted by atomic mass is 10.2. The fourth-order valence-corrected chi connectivity index (χ4v) is 2.01. The van der Waals surface area contributed by atoms with E-state index in [4.69, 9.17) is 17.0 Å². The van der Waals surface area contributed by atoms with Gasteiger partial charge < -0.3 is 14.6 Å². The minimum absolute atomic E-state index is 0.0137. The number of morpholine rings is 1. The van der Waals surface area contributed by atoms with Crippen molar-refractivity contribution in [3.05, 3.63) is 21.7 Å². The first kappa shape index (κ1) is 11.7. The molecule has 88 valence electrons. The Kier molecular flexibility index (Phi) is 3.37. The van der Waals surface area contributed by atoms with Gasteiger partial charge in [0, 0.05) is 24.3 Å². The summed E-state index contributed by atoms with van der Waals surface area (Å²) in [7, 11) is 2.09. The lowest BCUT2D eigenvalue weighted by Gasteiger charge is -2.29. The third kappa shape index (κ3) is 2.31.